The molecule has 2 aliphatic rings. The molecule has 3 heterocycles. The standard InChI is InChI=1S/C30H32Cl2N4O4/c1-19(2)36-29(39)24(22-7-8-25(31)26(32)15-22)17-34(30(36)40)18-28(38)33-12-10-23(11-13-33)35-14-9-20-5-3-4-6-21(20)16-27(35)37/h3-8,15,17,19,23H,9-14,16,18H2,1-2H3. The van der Waals surface area contributed by atoms with Gasteiger partial charge in [0.2, 0.25) is 11.8 Å². The Morgan fingerprint density at radius 2 is 1.65 bits per heavy atom. The number of fused-ring (bicyclic) bond motifs is 1. The molecule has 8 nitrogen and oxygen atoms in total. The van der Waals surface area contributed by atoms with Crippen LogP contribution in [0.15, 0.2) is 58.3 Å². The number of hydrogen-bond acceptors (Lipinski definition) is 4. The van der Waals surface area contributed by atoms with Crippen molar-refractivity contribution in [1.82, 2.24) is 18.9 Å². The summed E-state index contributed by atoms with van der Waals surface area (Å²) in [5.74, 6) is -0.0729. The quantitative estimate of drug-likeness (QED) is 0.451. The predicted molar refractivity (Wildman–Crippen MR) is 156 cm³/mol. The number of halogens is 2. The number of nitrogens with zero attached hydrogens (tertiary/aromatic N) is 4. The molecule has 2 aromatic carbocycles. The van der Waals surface area contributed by atoms with Crippen molar-refractivity contribution in [3.8, 4) is 11.1 Å². The van der Waals surface area contributed by atoms with Crippen molar-refractivity contribution in [2.75, 3.05) is 19.6 Å². The molecule has 10 heteroatoms. The number of amides is 2. The third kappa shape index (κ3) is 5.60. The van der Waals surface area contributed by atoms with Crippen LogP contribution in [0.1, 0.15) is 43.9 Å². The summed E-state index contributed by atoms with van der Waals surface area (Å²) in [6.45, 7) is 4.99. The number of piperidine rings is 1. The summed E-state index contributed by atoms with van der Waals surface area (Å²) in [5, 5.41) is 0.644. The van der Waals surface area contributed by atoms with Gasteiger partial charge in [-0.05, 0) is 61.9 Å². The van der Waals surface area contributed by atoms with E-state index in [1.807, 2.05) is 23.1 Å². The second-order valence-corrected chi connectivity index (χ2v) is 11.6. The van der Waals surface area contributed by atoms with Crippen LogP contribution in [0.25, 0.3) is 11.1 Å². The van der Waals surface area contributed by atoms with E-state index < -0.39 is 17.3 Å². The summed E-state index contributed by atoms with van der Waals surface area (Å²) in [7, 11) is 0. The molecule has 1 aromatic heterocycles. The van der Waals surface area contributed by atoms with Gasteiger partial charge in [0.15, 0.2) is 0 Å². The second-order valence-electron chi connectivity index (χ2n) is 10.7. The monoisotopic (exact) mass is 582 g/mol. The first-order chi connectivity index (χ1) is 19.1. The zero-order chi connectivity index (χ0) is 28.6. The lowest BCUT2D eigenvalue weighted by Crippen LogP contribution is -2.50. The number of likely N-dealkylation sites (tertiary alicyclic amines) is 1. The normalized spacial score (nSPS) is 16.3. The summed E-state index contributed by atoms with van der Waals surface area (Å²) in [5.41, 5.74) is 2.10. The molecule has 0 saturated carbocycles. The number of rotatable bonds is 5. The average molecular weight is 584 g/mol. The first-order valence-corrected chi connectivity index (χ1v) is 14.3. The van der Waals surface area contributed by atoms with Crippen LogP contribution in [0.2, 0.25) is 10.0 Å². The highest BCUT2D eigenvalue weighted by Gasteiger charge is 2.31. The highest BCUT2D eigenvalue weighted by molar-refractivity contribution is 6.42. The van der Waals surface area contributed by atoms with Crippen molar-refractivity contribution in [2.45, 2.75) is 58.2 Å². The molecule has 1 fully saturated rings. The Morgan fingerprint density at radius 1 is 0.950 bits per heavy atom. The highest BCUT2D eigenvalue weighted by atomic mass is 35.5. The second kappa shape index (κ2) is 11.6. The summed E-state index contributed by atoms with van der Waals surface area (Å²) < 4.78 is 2.45. The molecule has 0 bridgehead atoms. The van der Waals surface area contributed by atoms with Crippen molar-refractivity contribution < 1.29 is 9.59 Å². The fourth-order valence-electron chi connectivity index (χ4n) is 5.71. The van der Waals surface area contributed by atoms with Crippen LogP contribution < -0.4 is 11.2 Å². The van der Waals surface area contributed by atoms with Crippen LogP contribution in [0.3, 0.4) is 0 Å². The van der Waals surface area contributed by atoms with E-state index in [1.165, 1.54) is 16.3 Å². The van der Waals surface area contributed by atoms with Crippen LogP contribution in [0.5, 0.6) is 0 Å². The maximum atomic E-state index is 13.3. The van der Waals surface area contributed by atoms with Gasteiger partial charge in [-0.2, -0.15) is 0 Å². The molecule has 0 N–H and O–H groups in total. The lowest BCUT2D eigenvalue weighted by Gasteiger charge is -2.38. The Bertz CT molecular complexity index is 1570. The minimum atomic E-state index is -0.540. The number of aromatic nitrogens is 2. The summed E-state index contributed by atoms with van der Waals surface area (Å²) in [6.07, 6.45) is 4.04. The highest BCUT2D eigenvalue weighted by Crippen LogP contribution is 2.27. The number of carbonyl (C=O) groups is 2. The van der Waals surface area contributed by atoms with E-state index in [0.717, 1.165) is 16.6 Å². The predicted octanol–water partition coefficient (Wildman–Crippen LogP) is 4.18. The first-order valence-electron chi connectivity index (χ1n) is 13.6. The van der Waals surface area contributed by atoms with Gasteiger partial charge < -0.3 is 9.80 Å². The molecule has 3 aromatic rings. The largest absolute Gasteiger partial charge is 0.341 e. The first kappa shape index (κ1) is 28.2. The van der Waals surface area contributed by atoms with Crippen molar-refractivity contribution >= 4 is 35.0 Å². The molecule has 2 amide bonds. The zero-order valence-electron chi connectivity index (χ0n) is 22.6. The molecule has 1 saturated heterocycles. The summed E-state index contributed by atoms with van der Waals surface area (Å²) >= 11 is 12.2. The van der Waals surface area contributed by atoms with E-state index in [-0.39, 0.29) is 35.0 Å². The Morgan fingerprint density at radius 3 is 2.33 bits per heavy atom. The molecule has 0 radical (unpaired) electrons. The van der Waals surface area contributed by atoms with Crippen molar-refractivity contribution in [1.29, 1.82) is 0 Å². The molecular formula is C30H32Cl2N4O4. The van der Waals surface area contributed by atoms with Gasteiger partial charge in [0.25, 0.3) is 5.56 Å². The minimum absolute atomic E-state index is 0.0812. The minimum Gasteiger partial charge on any atom is -0.341 e. The van der Waals surface area contributed by atoms with Crippen LogP contribution >= 0.6 is 23.2 Å². The number of hydrogen-bond donors (Lipinski definition) is 0. The van der Waals surface area contributed by atoms with Gasteiger partial charge in [-0.1, -0.05) is 53.5 Å². The molecule has 0 spiro atoms. The van der Waals surface area contributed by atoms with Crippen LogP contribution in [0, 0.1) is 0 Å². The lowest BCUT2D eigenvalue weighted by molar-refractivity contribution is -0.136. The molecule has 210 valence electrons. The van der Waals surface area contributed by atoms with Crippen molar-refractivity contribution in [3.05, 3.63) is 90.7 Å². The number of carbonyl (C=O) groups excluding carboxylic acids is 2. The summed E-state index contributed by atoms with van der Waals surface area (Å²) in [6, 6.07) is 12.6. The van der Waals surface area contributed by atoms with Crippen molar-refractivity contribution in [3.63, 3.8) is 0 Å². The van der Waals surface area contributed by atoms with E-state index in [1.54, 1.807) is 36.9 Å². The van der Waals surface area contributed by atoms with E-state index in [2.05, 4.69) is 6.07 Å². The maximum absolute atomic E-state index is 13.3. The molecule has 0 atom stereocenters. The van der Waals surface area contributed by atoms with E-state index >= 15 is 0 Å². The van der Waals surface area contributed by atoms with Gasteiger partial charge in [-0.3, -0.25) is 23.5 Å². The molecule has 2 aliphatic heterocycles. The smallest absolute Gasteiger partial charge is 0.331 e. The topological polar surface area (TPSA) is 84.6 Å². The molecule has 5 rings (SSSR count). The van der Waals surface area contributed by atoms with Gasteiger partial charge in [0.1, 0.15) is 6.54 Å². The van der Waals surface area contributed by atoms with Gasteiger partial charge in [0, 0.05) is 37.9 Å². The Balaban J connectivity index is 1.31. The number of benzene rings is 2. The molecule has 0 unspecified atom stereocenters. The average Bonchev–Trinajstić information content (AvgIpc) is 3.10. The Hall–Kier alpha value is -3.36. The SMILES string of the molecule is CC(C)n1c(=O)c(-c2ccc(Cl)c(Cl)c2)cn(CC(=O)N2CCC(N3CCc4ccccc4CC3=O)CC2)c1=O. The zero-order valence-corrected chi connectivity index (χ0v) is 24.1. The summed E-state index contributed by atoms with van der Waals surface area (Å²) in [4.78, 5) is 56.6. The lowest BCUT2D eigenvalue weighted by atomic mass is 10.0. The van der Waals surface area contributed by atoms with Crippen LogP contribution in [0.4, 0.5) is 0 Å². The van der Waals surface area contributed by atoms with Gasteiger partial charge in [-0.25, -0.2) is 4.79 Å². The third-order valence-corrected chi connectivity index (χ3v) is 8.64. The van der Waals surface area contributed by atoms with E-state index in [0.29, 0.717) is 49.5 Å². The molecular weight excluding hydrogens is 551 g/mol. The van der Waals surface area contributed by atoms with E-state index in [4.69, 9.17) is 23.2 Å². The van der Waals surface area contributed by atoms with E-state index in [9.17, 15) is 19.2 Å². The van der Waals surface area contributed by atoms with Gasteiger partial charge >= 0.3 is 5.69 Å². The van der Waals surface area contributed by atoms with Gasteiger partial charge in [-0.15, -0.1) is 0 Å². The van der Waals surface area contributed by atoms with Crippen LogP contribution in [-0.4, -0.2) is 56.4 Å². The molecule has 40 heavy (non-hydrogen) atoms. The fourth-order valence-corrected chi connectivity index (χ4v) is 6.01. The maximum Gasteiger partial charge on any atom is 0.331 e. The Kier molecular flexibility index (Phi) is 8.19. The fraction of sp³-hybridized carbons (Fsp3) is 0.400. The molecule has 0 aliphatic carbocycles. The van der Waals surface area contributed by atoms with Crippen molar-refractivity contribution in [2.24, 2.45) is 0 Å². The third-order valence-electron chi connectivity index (χ3n) is 7.90. The Labute approximate surface area is 242 Å². The van der Waals surface area contributed by atoms with Gasteiger partial charge in [0.05, 0.1) is 22.0 Å². The van der Waals surface area contributed by atoms with Crippen LogP contribution in [-0.2, 0) is 29.0 Å².